The Balaban J connectivity index is 1.36. The Kier molecular flexibility index (Phi) is 6.32. The summed E-state index contributed by atoms with van der Waals surface area (Å²) in [6.07, 6.45) is 4.36. The van der Waals surface area contributed by atoms with Crippen molar-refractivity contribution in [1.29, 1.82) is 0 Å². The first-order valence-corrected chi connectivity index (χ1v) is 11.0. The predicted octanol–water partition coefficient (Wildman–Crippen LogP) is -0.0745. The van der Waals surface area contributed by atoms with Gasteiger partial charge in [0.2, 0.25) is 0 Å². The number of piperazine rings is 1. The SMILES string of the molecule is OCCN1CCN(c2ncnc3c2ncn3[C@H]2CN(Cc3ccco3)C[C@@H](CO)O2)CC1. The third-order valence-corrected chi connectivity index (χ3v) is 6.13. The summed E-state index contributed by atoms with van der Waals surface area (Å²) in [7, 11) is 0. The highest BCUT2D eigenvalue weighted by molar-refractivity contribution is 5.83. The fourth-order valence-corrected chi connectivity index (χ4v) is 4.50. The number of ether oxygens (including phenoxy) is 1. The second-order valence-electron chi connectivity index (χ2n) is 8.24. The van der Waals surface area contributed by atoms with Gasteiger partial charge < -0.3 is 24.3 Å². The van der Waals surface area contributed by atoms with Crippen LogP contribution < -0.4 is 4.90 Å². The van der Waals surface area contributed by atoms with Crippen molar-refractivity contribution in [3.63, 3.8) is 0 Å². The van der Waals surface area contributed by atoms with Gasteiger partial charge in [0.05, 0.1) is 38.5 Å². The number of nitrogens with zero attached hydrogens (tertiary/aromatic N) is 7. The maximum absolute atomic E-state index is 9.79. The largest absolute Gasteiger partial charge is 0.468 e. The zero-order chi connectivity index (χ0) is 21.9. The van der Waals surface area contributed by atoms with Crippen molar-refractivity contribution in [3.05, 3.63) is 36.8 Å². The number of hydrogen-bond acceptors (Lipinski definition) is 10. The molecule has 11 heteroatoms. The van der Waals surface area contributed by atoms with Crippen LogP contribution in [0.2, 0.25) is 0 Å². The van der Waals surface area contributed by atoms with Gasteiger partial charge in [-0.1, -0.05) is 0 Å². The molecule has 5 heterocycles. The number of aromatic nitrogens is 4. The van der Waals surface area contributed by atoms with Crippen molar-refractivity contribution in [2.45, 2.75) is 18.9 Å². The number of aliphatic hydroxyl groups is 2. The molecule has 5 rings (SSSR count). The van der Waals surface area contributed by atoms with Crippen molar-refractivity contribution in [3.8, 4) is 0 Å². The molecule has 2 N–H and O–H groups in total. The molecule has 0 amide bonds. The molecule has 0 aliphatic carbocycles. The van der Waals surface area contributed by atoms with E-state index in [2.05, 4.69) is 29.7 Å². The van der Waals surface area contributed by atoms with Gasteiger partial charge in [0.1, 0.15) is 18.3 Å². The molecule has 0 spiro atoms. The Hall–Kier alpha value is -2.57. The summed E-state index contributed by atoms with van der Waals surface area (Å²) in [5.74, 6) is 1.70. The normalized spacial score (nSPS) is 23.2. The molecule has 0 aromatic carbocycles. The fraction of sp³-hybridized carbons (Fsp3) is 0.571. The molecule has 2 aliphatic heterocycles. The van der Waals surface area contributed by atoms with Crippen molar-refractivity contribution in [2.75, 3.05) is 63.9 Å². The minimum atomic E-state index is -0.329. The number of β-amino-alcohol motifs (C(OH)–C–C–N with tert-alkyl or cyclic N) is 1. The van der Waals surface area contributed by atoms with Gasteiger partial charge in [-0.2, -0.15) is 0 Å². The molecule has 3 aromatic heterocycles. The highest BCUT2D eigenvalue weighted by Crippen LogP contribution is 2.28. The Morgan fingerprint density at radius 1 is 1.03 bits per heavy atom. The van der Waals surface area contributed by atoms with Crippen LogP contribution in [-0.4, -0.2) is 105 Å². The zero-order valence-electron chi connectivity index (χ0n) is 18.0. The molecule has 0 radical (unpaired) electrons. The lowest BCUT2D eigenvalue weighted by atomic mass is 10.2. The Labute approximate surface area is 185 Å². The molecule has 2 aliphatic rings. The van der Waals surface area contributed by atoms with Crippen LogP contribution in [-0.2, 0) is 11.3 Å². The highest BCUT2D eigenvalue weighted by Gasteiger charge is 2.31. The van der Waals surface area contributed by atoms with E-state index in [-0.39, 0.29) is 25.5 Å². The molecule has 2 saturated heterocycles. The number of aliphatic hydroxyl groups excluding tert-OH is 2. The highest BCUT2D eigenvalue weighted by atomic mass is 16.5. The quantitative estimate of drug-likeness (QED) is 0.514. The minimum Gasteiger partial charge on any atom is -0.468 e. The first-order chi connectivity index (χ1) is 15.7. The van der Waals surface area contributed by atoms with Gasteiger partial charge in [0, 0.05) is 45.8 Å². The number of hydrogen-bond donors (Lipinski definition) is 2. The smallest absolute Gasteiger partial charge is 0.167 e. The third-order valence-electron chi connectivity index (χ3n) is 6.13. The number of imidazole rings is 1. The van der Waals surface area contributed by atoms with E-state index in [0.717, 1.165) is 43.3 Å². The first-order valence-electron chi connectivity index (χ1n) is 11.0. The molecule has 0 saturated carbocycles. The van der Waals surface area contributed by atoms with E-state index in [9.17, 15) is 10.2 Å². The fourth-order valence-electron chi connectivity index (χ4n) is 4.50. The monoisotopic (exact) mass is 443 g/mol. The van der Waals surface area contributed by atoms with E-state index in [0.29, 0.717) is 31.8 Å². The van der Waals surface area contributed by atoms with Crippen molar-refractivity contribution >= 4 is 17.0 Å². The molecule has 0 bridgehead atoms. The van der Waals surface area contributed by atoms with Gasteiger partial charge in [-0.25, -0.2) is 15.0 Å². The number of furan rings is 1. The lowest BCUT2D eigenvalue weighted by Crippen LogP contribution is -2.47. The molecule has 172 valence electrons. The summed E-state index contributed by atoms with van der Waals surface area (Å²) in [5, 5.41) is 19.0. The van der Waals surface area contributed by atoms with Crippen LogP contribution >= 0.6 is 0 Å². The number of fused-ring (bicyclic) bond motifs is 1. The molecule has 11 nitrogen and oxygen atoms in total. The summed E-state index contributed by atoms with van der Waals surface area (Å²) >= 11 is 0. The molecule has 0 unspecified atom stereocenters. The maximum Gasteiger partial charge on any atom is 0.167 e. The van der Waals surface area contributed by atoms with Gasteiger partial charge in [-0.3, -0.25) is 14.4 Å². The topological polar surface area (TPSA) is 116 Å². The maximum atomic E-state index is 9.79. The van der Waals surface area contributed by atoms with E-state index < -0.39 is 0 Å². The van der Waals surface area contributed by atoms with Crippen LogP contribution in [0.1, 0.15) is 12.0 Å². The van der Waals surface area contributed by atoms with Crippen LogP contribution in [0, 0.1) is 0 Å². The lowest BCUT2D eigenvalue weighted by Gasteiger charge is -2.37. The Bertz CT molecular complexity index is 1000. The molecule has 32 heavy (non-hydrogen) atoms. The van der Waals surface area contributed by atoms with Crippen LogP contribution in [0.4, 0.5) is 5.82 Å². The average Bonchev–Trinajstić information content (AvgIpc) is 3.49. The predicted molar refractivity (Wildman–Crippen MR) is 116 cm³/mol. The van der Waals surface area contributed by atoms with Gasteiger partial charge in [-0.05, 0) is 12.1 Å². The Morgan fingerprint density at radius 3 is 2.66 bits per heavy atom. The third kappa shape index (κ3) is 4.34. The van der Waals surface area contributed by atoms with E-state index in [1.165, 1.54) is 0 Å². The van der Waals surface area contributed by atoms with Gasteiger partial charge in [-0.15, -0.1) is 0 Å². The van der Waals surface area contributed by atoms with E-state index in [1.54, 1.807) is 18.9 Å². The average molecular weight is 444 g/mol. The zero-order valence-corrected chi connectivity index (χ0v) is 18.0. The van der Waals surface area contributed by atoms with Crippen molar-refractivity contribution in [2.24, 2.45) is 0 Å². The first kappa shape index (κ1) is 21.3. The minimum absolute atomic E-state index is 0.0594. The van der Waals surface area contributed by atoms with Crippen LogP contribution in [0.3, 0.4) is 0 Å². The molecular formula is C21H29N7O4. The van der Waals surface area contributed by atoms with E-state index in [1.807, 2.05) is 16.7 Å². The second kappa shape index (κ2) is 9.51. The molecular weight excluding hydrogens is 414 g/mol. The molecule has 3 aromatic rings. The summed E-state index contributed by atoms with van der Waals surface area (Å²) in [4.78, 5) is 20.3. The summed E-state index contributed by atoms with van der Waals surface area (Å²) in [5.41, 5.74) is 1.46. The summed E-state index contributed by atoms with van der Waals surface area (Å²) in [6.45, 7) is 6.10. The summed E-state index contributed by atoms with van der Waals surface area (Å²) in [6, 6.07) is 3.83. The van der Waals surface area contributed by atoms with Crippen molar-refractivity contribution in [1.82, 2.24) is 29.3 Å². The number of rotatable bonds is 7. The van der Waals surface area contributed by atoms with Gasteiger partial charge in [0.15, 0.2) is 17.0 Å². The Morgan fingerprint density at radius 2 is 1.91 bits per heavy atom. The molecule has 2 atom stereocenters. The van der Waals surface area contributed by atoms with Gasteiger partial charge in [0.25, 0.3) is 0 Å². The van der Waals surface area contributed by atoms with E-state index in [4.69, 9.17) is 9.15 Å². The van der Waals surface area contributed by atoms with Crippen molar-refractivity contribution < 1.29 is 19.4 Å². The lowest BCUT2D eigenvalue weighted by molar-refractivity contribution is -0.136. The van der Waals surface area contributed by atoms with Crippen LogP contribution in [0.25, 0.3) is 11.2 Å². The van der Waals surface area contributed by atoms with E-state index >= 15 is 0 Å². The van der Waals surface area contributed by atoms with Crippen LogP contribution in [0.5, 0.6) is 0 Å². The number of morpholine rings is 1. The molecule has 2 fully saturated rings. The second-order valence-corrected chi connectivity index (χ2v) is 8.24. The van der Waals surface area contributed by atoms with Crippen LogP contribution in [0.15, 0.2) is 35.5 Å². The number of anilines is 1. The summed E-state index contributed by atoms with van der Waals surface area (Å²) < 4.78 is 13.6. The standard InChI is InChI=1S/C21H29N7O4/c29-8-7-25-3-5-27(6-4-25)20-19-21(23-14-22-20)28(15-24-19)18-12-26(11-17(13-30)32-18)10-16-2-1-9-31-16/h1-2,9,14-15,17-18,29-30H,3-8,10-13H2/t17-,18+/m0/s1. The van der Waals surface area contributed by atoms with Gasteiger partial charge >= 0.3 is 0 Å².